The lowest BCUT2D eigenvalue weighted by molar-refractivity contribution is -0.114. The van der Waals surface area contributed by atoms with Gasteiger partial charge in [0.25, 0.3) is 0 Å². The van der Waals surface area contributed by atoms with Crippen molar-refractivity contribution in [3.8, 4) is 0 Å². The van der Waals surface area contributed by atoms with Crippen molar-refractivity contribution in [2.45, 2.75) is 51.5 Å². The molecule has 1 atom stereocenters. The Morgan fingerprint density at radius 1 is 1.10 bits per heavy atom. The number of hydrogen-bond acceptors (Lipinski definition) is 3. The van der Waals surface area contributed by atoms with Gasteiger partial charge in [0.05, 0.1) is 4.90 Å². The Morgan fingerprint density at radius 2 is 1.67 bits per heavy atom. The van der Waals surface area contributed by atoms with Crippen molar-refractivity contribution in [2.75, 3.05) is 5.32 Å². The van der Waals surface area contributed by atoms with Crippen LogP contribution in [0, 0.1) is 5.92 Å². The minimum Gasteiger partial charge on any atom is -0.326 e. The van der Waals surface area contributed by atoms with Crippen LogP contribution in [-0.4, -0.2) is 20.4 Å². The Kier molecular flexibility index (Phi) is 6.36. The third-order valence-corrected chi connectivity index (χ3v) is 4.62. The van der Waals surface area contributed by atoms with Crippen LogP contribution >= 0.6 is 0 Å². The van der Waals surface area contributed by atoms with Gasteiger partial charge < -0.3 is 5.32 Å². The molecule has 0 aromatic heterocycles. The summed E-state index contributed by atoms with van der Waals surface area (Å²) in [5.74, 6) is 0.361. The predicted octanol–water partition coefficient (Wildman–Crippen LogP) is 2.75. The Labute approximate surface area is 127 Å². The third-order valence-electron chi connectivity index (χ3n) is 3.02. The lowest BCUT2D eigenvalue weighted by Gasteiger charge is -2.15. The smallest absolute Gasteiger partial charge is 0.240 e. The first-order valence-corrected chi connectivity index (χ1v) is 8.59. The van der Waals surface area contributed by atoms with E-state index < -0.39 is 10.0 Å². The molecular weight excluding hydrogens is 288 g/mol. The van der Waals surface area contributed by atoms with Crippen LogP contribution in [0.2, 0.25) is 0 Å². The number of benzene rings is 1. The van der Waals surface area contributed by atoms with E-state index in [0.717, 1.165) is 12.8 Å². The molecule has 118 valence electrons. The van der Waals surface area contributed by atoms with Gasteiger partial charge in [-0.2, -0.15) is 0 Å². The molecule has 6 heteroatoms. The van der Waals surface area contributed by atoms with Crippen molar-refractivity contribution in [1.29, 1.82) is 0 Å². The van der Waals surface area contributed by atoms with E-state index in [-0.39, 0.29) is 16.8 Å². The molecule has 0 saturated carbocycles. The zero-order chi connectivity index (χ0) is 16.0. The monoisotopic (exact) mass is 312 g/mol. The summed E-state index contributed by atoms with van der Waals surface area (Å²) in [4.78, 5) is 11.1. The number of nitrogens with one attached hydrogen (secondary N) is 2. The Bertz CT molecular complexity index is 565. The minimum atomic E-state index is -3.52. The molecule has 1 amide bonds. The normalized spacial score (nSPS) is 13.2. The molecule has 0 aliphatic heterocycles. The second kappa shape index (κ2) is 7.56. The number of sulfonamides is 1. The van der Waals surface area contributed by atoms with E-state index in [4.69, 9.17) is 0 Å². The van der Waals surface area contributed by atoms with Gasteiger partial charge in [-0.15, -0.1) is 0 Å². The van der Waals surface area contributed by atoms with Crippen molar-refractivity contribution in [1.82, 2.24) is 4.72 Å². The summed E-state index contributed by atoms with van der Waals surface area (Å²) in [5, 5.41) is 2.60. The Morgan fingerprint density at radius 3 is 2.14 bits per heavy atom. The lowest BCUT2D eigenvalue weighted by Crippen LogP contribution is -2.32. The molecule has 0 radical (unpaired) electrons. The van der Waals surface area contributed by atoms with Gasteiger partial charge in [-0.05, 0) is 49.9 Å². The first-order chi connectivity index (χ1) is 9.70. The van der Waals surface area contributed by atoms with Gasteiger partial charge in [0.15, 0.2) is 0 Å². The predicted molar refractivity (Wildman–Crippen MR) is 84.6 cm³/mol. The fraction of sp³-hybridized carbons (Fsp3) is 0.533. The van der Waals surface area contributed by atoms with E-state index in [9.17, 15) is 13.2 Å². The van der Waals surface area contributed by atoms with E-state index in [1.807, 2.05) is 6.92 Å². The van der Waals surface area contributed by atoms with Gasteiger partial charge in [-0.1, -0.05) is 13.8 Å². The van der Waals surface area contributed by atoms with Crippen LogP contribution in [0.15, 0.2) is 29.2 Å². The zero-order valence-corrected chi connectivity index (χ0v) is 13.8. The van der Waals surface area contributed by atoms with Gasteiger partial charge in [-0.25, -0.2) is 13.1 Å². The van der Waals surface area contributed by atoms with Crippen molar-refractivity contribution in [2.24, 2.45) is 5.92 Å². The van der Waals surface area contributed by atoms with Crippen LogP contribution in [0.5, 0.6) is 0 Å². The molecular formula is C15H24N2O3S. The Hall–Kier alpha value is -1.40. The van der Waals surface area contributed by atoms with Crippen LogP contribution in [0.25, 0.3) is 0 Å². The molecule has 0 fully saturated rings. The standard InChI is InChI=1S/C15H24N2O3S/c1-11(2)5-6-12(3)17-21(19,20)15-9-7-14(8-10-15)16-13(4)18/h7-12,17H,5-6H2,1-4H3,(H,16,18)/t12-/m1/s1. The molecule has 0 aliphatic rings. The number of hydrogen-bond donors (Lipinski definition) is 2. The molecule has 0 bridgehead atoms. The molecule has 0 spiro atoms. The number of amides is 1. The topological polar surface area (TPSA) is 75.3 Å². The maximum absolute atomic E-state index is 12.2. The maximum atomic E-state index is 12.2. The zero-order valence-electron chi connectivity index (χ0n) is 13.0. The molecule has 21 heavy (non-hydrogen) atoms. The van der Waals surface area contributed by atoms with Gasteiger partial charge in [0.1, 0.15) is 0 Å². The van der Waals surface area contributed by atoms with Crippen molar-refractivity contribution in [3.05, 3.63) is 24.3 Å². The summed E-state index contributed by atoms with van der Waals surface area (Å²) in [6.45, 7) is 7.50. The number of carbonyl (C=O) groups is 1. The molecule has 1 aromatic rings. The van der Waals surface area contributed by atoms with Gasteiger partial charge in [-0.3, -0.25) is 4.79 Å². The second-order valence-corrected chi connectivity index (χ2v) is 7.41. The van der Waals surface area contributed by atoms with E-state index in [0.29, 0.717) is 11.6 Å². The van der Waals surface area contributed by atoms with E-state index >= 15 is 0 Å². The van der Waals surface area contributed by atoms with Gasteiger partial charge in [0.2, 0.25) is 15.9 Å². The summed E-state index contributed by atoms with van der Waals surface area (Å²) in [6, 6.07) is 6.03. The van der Waals surface area contributed by atoms with Gasteiger partial charge >= 0.3 is 0 Å². The average molecular weight is 312 g/mol. The molecule has 2 N–H and O–H groups in total. The number of anilines is 1. The number of carbonyl (C=O) groups excluding carboxylic acids is 1. The summed E-state index contributed by atoms with van der Waals surface area (Å²) in [6.07, 6.45) is 1.78. The first kappa shape index (κ1) is 17.7. The highest BCUT2D eigenvalue weighted by Gasteiger charge is 2.17. The largest absolute Gasteiger partial charge is 0.326 e. The van der Waals surface area contributed by atoms with E-state index in [2.05, 4.69) is 23.9 Å². The van der Waals surface area contributed by atoms with Crippen molar-refractivity contribution >= 4 is 21.6 Å². The third kappa shape index (κ3) is 6.27. The quantitative estimate of drug-likeness (QED) is 0.813. The molecule has 5 nitrogen and oxygen atoms in total. The van der Waals surface area contributed by atoms with Gasteiger partial charge in [0, 0.05) is 18.7 Å². The van der Waals surface area contributed by atoms with E-state index in [1.165, 1.54) is 19.1 Å². The van der Waals surface area contributed by atoms with Crippen LogP contribution in [0.3, 0.4) is 0 Å². The highest BCUT2D eigenvalue weighted by atomic mass is 32.2. The molecule has 1 aromatic carbocycles. The first-order valence-electron chi connectivity index (χ1n) is 7.10. The lowest BCUT2D eigenvalue weighted by atomic mass is 10.1. The summed E-state index contributed by atoms with van der Waals surface area (Å²) < 4.78 is 27.1. The van der Waals surface area contributed by atoms with Crippen LogP contribution in [0.4, 0.5) is 5.69 Å². The fourth-order valence-electron chi connectivity index (χ4n) is 1.90. The summed E-state index contributed by atoms with van der Waals surface area (Å²) in [5.41, 5.74) is 0.578. The fourth-order valence-corrected chi connectivity index (χ4v) is 3.17. The highest BCUT2D eigenvalue weighted by molar-refractivity contribution is 7.89. The van der Waals surface area contributed by atoms with Crippen LogP contribution in [-0.2, 0) is 14.8 Å². The van der Waals surface area contributed by atoms with Crippen LogP contribution in [0.1, 0.15) is 40.5 Å². The SMILES string of the molecule is CC(=O)Nc1ccc(S(=O)(=O)N[C@H](C)CCC(C)C)cc1. The van der Waals surface area contributed by atoms with Crippen molar-refractivity contribution in [3.63, 3.8) is 0 Å². The van der Waals surface area contributed by atoms with Crippen molar-refractivity contribution < 1.29 is 13.2 Å². The van der Waals surface area contributed by atoms with E-state index in [1.54, 1.807) is 12.1 Å². The summed E-state index contributed by atoms with van der Waals surface area (Å²) >= 11 is 0. The molecule has 0 saturated heterocycles. The second-order valence-electron chi connectivity index (χ2n) is 5.70. The summed E-state index contributed by atoms with van der Waals surface area (Å²) in [7, 11) is -3.52. The highest BCUT2D eigenvalue weighted by Crippen LogP contribution is 2.15. The Balaban J connectivity index is 2.71. The maximum Gasteiger partial charge on any atom is 0.240 e. The number of rotatable bonds is 7. The molecule has 1 rings (SSSR count). The molecule has 0 aliphatic carbocycles. The molecule has 0 unspecified atom stereocenters. The average Bonchev–Trinajstić information content (AvgIpc) is 2.35. The minimum absolute atomic E-state index is 0.104. The van der Waals surface area contributed by atoms with Crippen LogP contribution < -0.4 is 10.0 Å². The molecule has 0 heterocycles.